The van der Waals surface area contributed by atoms with Gasteiger partial charge in [-0.15, -0.1) is 0 Å². The summed E-state index contributed by atoms with van der Waals surface area (Å²) < 4.78 is 15.0. The molecule has 0 aliphatic carbocycles. The Hall–Kier alpha value is -1.59. The van der Waals surface area contributed by atoms with E-state index in [1.165, 1.54) is 90.9 Å². The van der Waals surface area contributed by atoms with Crippen LogP contribution in [0, 0.1) is 0 Å². The average Bonchev–Trinajstić information content (AvgIpc) is 2.72. The molecule has 6 heteroatoms. The number of hydrogen-bond donors (Lipinski definition) is 0. The predicted molar refractivity (Wildman–Crippen MR) is 123 cm³/mol. The maximum atomic E-state index is 11.8. The van der Waals surface area contributed by atoms with Crippen LogP contribution in [0.2, 0.25) is 0 Å². The van der Waals surface area contributed by atoms with Gasteiger partial charge in [0.05, 0.1) is 0 Å². The standard InChI is InChI=1S/C25H46O6/c1-4-5-6-7-8-9-10-11-12-13-14-15-16-17-18-19-25(28)30-21-24(31-23(3)27)20-29-22(2)26/h24H,4-21H2,1-3H3/t24-/m1/s1. The van der Waals surface area contributed by atoms with Gasteiger partial charge in [0.2, 0.25) is 0 Å². The van der Waals surface area contributed by atoms with Crippen LogP contribution in [0.4, 0.5) is 0 Å². The smallest absolute Gasteiger partial charge is 0.305 e. The number of esters is 3. The molecular weight excluding hydrogens is 396 g/mol. The van der Waals surface area contributed by atoms with Crippen LogP contribution in [-0.4, -0.2) is 37.2 Å². The molecule has 0 unspecified atom stereocenters. The molecule has 0 heterocycles. The van der Waals surface area contributed by atoms with Crippen molar-refractivity contribution in [1.82, 2.24) is 0 Å². The first kappa shape index (κ1) is 29.4. The van der Waals surface area contributed by atoms with E-state index in [0.29, 0.717) is 6.42 Å². The molecule has 6 nitrogen and oxygen atoms in total. The van der Waals surface area contributed by atoms with E-state index in [2.05, 4.69) is 6.92 Å². The van der Waals surface area contributed by atoms with Gasteiger partial charge >= 0.3 is 17.9 Å². The Morgan fingerprint density at radius 1 is 0.581 bits per heavy atom. The second-order valence-corrected chi connectivity index (χ2v) is 8.42. The molecule has 0 saturated heterocycles. The Balaban J connectivity index is 3.50. The molecule has 0 amide bonds. The van der Waals surface area contributed by atoms with E-state index in [-0.39, 0.29) is 19.2 Å². The minimum absolute atomic E-state index is 0.0928. The van der Waals surface area contributed by atoms with Crippen LogP contribution in [0.1, 0.15) is 124 Å². The summed E-state index contributed by atoms with van der Waals surface area (Å²) in [5.74, 6) is -1.29. The van der Waals surface area contributed by atoms with Gasteiger partial charge in [-0.1, -0.05) is 96.8 Å². The van der Waals surface area contributed by atoms with Crippen molar-refractivity contribution < 1.29 is 28.6 Å². The lowest BCUT2D eigenvalue weighted by Gasteiger charge is -2.16. The van der Waals surface area contributed by atoms with Crippen LogP contribution >= 0.6 is 0 Å². The van der Waals surface area contributed by atoms with Crippen LogP contribution in [0.3, 0.4) is 0 Å². The van der Waals surface area contributed by atoms with Gasteiger partial charge in [0, 0.05) is 20.3 Å². The van der Waals surface area contributed by atoms with E-state index >= 15 is 0 Å². The van der Waals surface area contributed by atoms with Crippen molar-refractivity contribution in [1.29, 1.82) is 0 Å². The first-order valence-corrected chi connectivity index (χ1v) is 12.4. The molecular formula is C25H46O6. The first-order valence-electron chi connectivity index (χ1n) is 12.4. The summed E-state index contributed by atoms with van der Waals surface area (Å²) in [6.45, 7) is 4.59. The maximum Gasteiger partial charge on any atom is 0.305 e. The van der Waals surface area contributed by atoms with Gasteiger partial charge in [0.15, 0.2) is 6.10 Å². The number of rotatable bonds is 21. The molecule has 0 rings (SSSR count). The zero-order valence-electron chi connectivity index (χ0n) is 20.3. The molecule has 0 spiro atoms. The Bertz CT molecular complexity index is 463. The lowest BCUT2D eigenvalue weighted by Crippen LogP contribution is -2.29. The predicted octanol–water partition coefficient (Wildman–Crippen LogP) is 6.29. The highest BCUT2D eigenvalue weighted by Gasteiger charge is 2.16. The topological polar surface area (TPSA) is 78.9 Å². The molecule has 0 saturated carbocycles. The molecule has 1 atom stereocenters. The van der Waals surface area contributed by atoms with Crippen molar-refractivity contribution in [2.24, 2.45) is 0 Å². The van der Waals surface area contributed by atoms with Gasteiger partial charge < -0.3 is 14.2 Å². The Morgan fingerprint density at radius 3 is 1.42 bits per heavy atom. The normalized spacial score (nSPS) is 11.7. The number of carbonyl (C=O) groups excluding carboxylic acids is 3. The average molecular weight is 443 g/mol. The molecule has 0 aromatic rings. The van der Waals surface area contributed by atoms with Crippen LogP contribution in [0.5, 0.6) is 0 Å². The van der Waals surface area contributed by atoms with Crippen LogP contribution in [-0.2, 0) is 28.6 Å². The quantitative estimate of drug-likeness (QED) is 0.118. The molecule has 0 bridgehead atoms. The molecule has 31 heavy (non-hydrogen) atoms. The van der Waals surface area contributed by atoms with Crippen molar-refractivity contribution in [3.05, 3.63) is 0 Å². The number of hydrogen-bond acceptors (Lipinski definition) is 6. The third-order valence-corrected chi connectivity index (χ3v) is 5.22. The van der Waals surface area contributed by atoms with E-state index in [1.54, 1.807) is 0 Å². The van der Waals surface area contributed by atoms with E-state index < -0.39 is 18.0 Å². The van der Waals surface area contributed by atoms with Crippen LogP contribution < -0.4 is 0 Å². The molecule has 0 N–H and O–H groups in total. The summed E-state index contributed by atoms with van der Waals surface area (Å²) in [5, 5.41) is 0. The van der Waals surface area contributed by atoms with Gasteiger partial charge in [-0.25, -0.2) is 0 Å². The lowest BCUT2D eigenvalue weighted by atomic mass is 10.0. The zero-order valence-corrected chi connectivity index (χ0v) is 20.3. The third kappa shape index (κ3) is 22.9. The van der Waals surface area contributed by atoms with Gasteiger partial charge in [-0.05, 0) is 6.42 Å². The molecule has 0 aliphatic rings. The van der Waals surface area contributed by atoms with Crippen molar-refractivity contribution >= 4 is 17.9 Å². The van der Waals surface area contributed by atoms with E-state index in [9.17, 15) is 14.4 Å². The van der Waals surface area contributed by atoms with Crippen LogP contribution in [0.15, 0.2) is 0 Å². The Labute approximate surface area is 189 Å². The van der Waals surface area contributed by atoms with Gasteiger partial charge in [-0.3, -0.25) is 14.4 Å². The molecule has 0 radical (unpaired) electrons. The van der Waals surface area contributed by atoms with E-state index in [1.807, 2.05) is 0 Å². The number of ether oxygens (including phenoxy) is 3. The van der Waals surface area contributed by atoms with Crippen molar-refractivity contribution in [3.63, 3.8) is 0 Å². The summed E-state index contributed by atoms with van der Waals surface area (Å²) in [6.07, 6.45) is 18.8. The third-order valence-electron chi connectivity index (χ3n) is 5.22. The summed E-state index contributed by atoms with van der Waals surface area (Å²) in [6, 6.07) is 0. The highest BCUT2D eigenvalue weighted by atomic mass is 16.6. The highest BCUT2D eigenvalue weighted by Crippen LogP contribution is 2.14. The fourth-order valence-corrected chi connectivity index (χ4v) is 3.46. The molecule has 182 valence electrons. The van der Waals surface area contributed by atoms with E-state index in [0.717, 1.165) is 19.3 Å². The second kappa shape index (κ2) is 21.6. The fourth-order valence-electron chi connectivity index (χ4n) is 3.46. The van der Waals surface area contributed by atoms with Crippen molar-refractivity contribution in [2.75, 3.05) is 13.2 Å². The van der Waals surface area contributed by atoms with Gasteiger partial charge in [-0.2, -0.15) is 0 Å². The fraction of sp³-hybridized carbons (Fsp3) is 0.880. The second-order valence-electron chi connectivity index (χ2n) is 8.42. The summed E-state index contributed by atoms with van der Waals surface area (Å²) >= 11 is 0. The Kier molecular flexibility index (Phi) is 20.5. The minimum atomic E-state index is -0.758. The van der Waals surface area contributed by atoms with Crippen molar-refractivity contribution in [2.45, 2.75) is 130 Å². The van der Waals surface area contributed by atoms with Gasteiger partial charge in [0.1, 0.15) is 13.2 Å². The minimum Gasteiger partial charge on any atom is -0.462 e. The van der Waals surface area contributed by atoms with E-state index in [4.69, 9.17) is 14.2 Å². The molecule has 0 aromatic heterocycles. The molecule has 0 aliphatic heterocycles. The SMILES string of the molecule is CCCCCCCCCCCCCCCCCC(=O)OC[C@@H](COC(C)=O)OC(C)=O. The monoisotopic (exact) mass is 442 g/mol. The number of carbonyl (C=O) groups is 3. The summed E-state index contributed by atoms with van der Waals surface area (Å²) in [7, 11) is 0. The first-order chi connectivity index (χ1) is 15.0. The molecule has 0 fully saturated rings. The lowest BCUT2D eigenvalue weighted by molar-refractivity contribution is -0.164. The Morgan fingerprint density at radius 2 is 1.00 bits per heavy atom. The molecule has 0 aromatic carbocycles. The summed E-state index contributed by atoms with van der Waals surface area (Å²) in [4.78, 5) is 33.8. The number of unbranched alkanes of at least 4 members (excludes halogenated alkanes) is 14. The maximum absolute atomic E-state index is 11.8. The largest absolute Gasteiger partial charge is 0.462 e. The zero-order chi connectivity index (χ0) is 23.2. The summed E-state index contributed by atoms with van der Waals surface area (Å²) in [5.41, 5.74) is 0. The highest BCUT2D eigenvalue weighted by molar-refractivity contribution is 5.69. The van der Waals surface area contributed by atoms with Crippen molar-refractivity contribution in [3.8, 4) is 0 Å². The van der Waals surface area contributed by atoms with Gasteiger partial charge in [0.25, 0.3) is 0 Å². The van der Waals surface area contributed by atoms with Crippen LogP contribution in [0.25, 0.3) is 0 Å².